The van der Waals surface area contributed by atoms with Crippen molar-refractivity contribution in [1.29, 1.82) is 0 Å². The van der Waals surface area contributed by atoms with Crippen LogP contribution in [-0.4, -0.2) is 23.8 Å². The summed E-state index contributed by atoms with van der Waals surface area (Å²) in [5.41, 5.74) is 5.54. The molecule has 84 valence electrons. The Labute approximate surface area is 89.0 Å². The maximum absolute atomic E-state index is 5.54. The van der Waals surface area contributed by atoms with Gasteiger partial charge in [-0.25, -0.2) is 0 Å². The van der Waals surface area contributed by atoms with E-state index in [2.05, 4.69) is 10.1 Å². The smallest absolute Gasteiger partial charge is 0.230 e. The largest absolute Gasteiger partial charge is 0.373 e. The Hall–Kier alpha value is -0.940. The van der Waals surface area contributed by atoms with Gasteiger partial charge in [0.05, 0.1) is 0 Å². The normalized spacial score (nSPS) is 20.2. The second kappa shape index (κ2) is 4.28. The zero-order valence-corrected chi connectivity index (χ0v) is 9.14. The fourth-order valence-electron chi connectivity index (χ4n) is 1.57. The van der Waals surface area contributed by atoms with Crippen LogP contribution in [0.25, 0.3) is 0 Å². The predicted octanol–water partition coefficient (Wildman–Crippen LogP) is 1.23. The van der Waals surface area contributed by atoms with Gasteiger partial charge in [-0.05, 0) is 18.8 Å². The van der Waals surface area contributed by atoms with Crippen LogP contribution in [0, 0.1) is 5.92 Å². The van der Waals surface area contributed by atoms with Crippen molar-refractivity contribution in [3.05, 3.63) is 11.7 Å². The van der Waals surface area contributed by atoms with E-state index in [1.54, 1.807) is 7.11 Å². The molecular formula is C10H17N3O2. The maximum atomic E-state index is 5.54. The number of hydrogen-bond acceptors (Lipinski definition) is 5. The minimum Gasteiger partial charge on any atom is -0.373 e. The standard InChI is InChI=1S/C10H17N3O2/c1-6(5-11)10-12-9(13-15-10)8(14-2)7-3-4-7/h6-8H,3-5,11H2,1-2H3. The molecule has 0 spiro atoms. The molecule has 0 radical (unpaired) electrons. The van der Waals surface area contributed by atoms with E-state index in [1.807, 2.05) is 6.92 Å². The van der Waals surface area contributed by atoms with Gasteiger partial charge >= 0.3 is 0 Å². The van der Waals surface area contributed by atoms with Crippen LogP contribution in [0.4, 0.5) is 0 Å². The highest BCUT2D eigenvalue weighted by atomic mass is 16.5. The molecule has 1 aromatic rings. The first kappa shape index (κ1) is 10.6. The van der Waals surface area contributed by atoms with Crippen molar-refractivity contribution in [1.82, 2.24) is 10.1 Å². The number of methoxy groups -OCH3 is 1. The second-order valence-electron chi connectivity index (χ2n) is 4.12. The third-order valence-electron chi connectivity index (χ3n) is 2.79. The van der Waals surface area contributed by atoms with Crippen molar-refractivity contribution >= 4 is 0 Å². The van der Waals surface area contributed by atoms with Crippen LogP contribution >= 0.6 is 0 Å². The Bertz CT molecular complexity index is 322. The fraction of sp³-hybridized carbons (Fsp3) is 0.800. The summed E-state index contributed by atoms with van der Waals surface area (Å²) in [6.45, 7) is 2.49. The topological polar surface area (TPSA) is 74.2 Å². The first-order chi connectivity index (χ1) is 7.26. The van der Waals surface area contributed by atoms with E-state index < -0.39 is 0 Å². The van der Waals surface area contributed by atoms with Crippen molar-refractivity contribution in [3.63, 3.8) is 0 Å². The molecule has 0 aliphatic heterocycles. The van der Waals surface area contributed by atoms with Gasteiger partial charge in [0.15, 0.2) is 0 Å². The SMILES string of the molecule is COC(c1noc(C(C)CN)n1)C1CC1. The Morgan fingerprint density at radius 1 is 1.60 bits per heavy atom. The number of rotatable bonds is 5. The zero-order chi connectivity index (χ0) is 10.8. The lowest BCUT2D eigenvalue weighted by atomic mass is 10.2. The van der Waals surface area contributed by atoms with E-state index in [1.165, 1.54) is 12.8 Å². The van der Waals surface area contributed by atoms with Gasteiger partial charge < -0.3 is 15.0 Å². The summed E-state index contributed by atoms with van der Waals surface area (Å²) in [7, 11) is 1.69. The molecule has 5 heteroatoms. The van der Waals surface area contributed by atoms with Crippen LogP contribution in [0.15, 0.2) is 4.52 Å². The third kappa shape index (κ3) is 2.18. The summed E-state index contributed by atoms with van der Waals surface area (Å²) >= 11 is 0. The van der Waals surface area contributed by atoms with Gasteiger partial charge in [0.1, 0.15) is 6.10 Å². The van der Waals surface area contributed by atoms with Crippen LogP contribution in [0.3, 0.4) is 0 Å². The van der Waals surface area contributed by atoms with Gasteiger partial charge in [0.25, 0.3) is 0 Å². The summed E-state index contributed by atoms with van der Waals surface area (Å²) in [6.07, 6.45) is 2.37. The Morgan fingerprint density at radius 2 is 2.33 bits per heavy atom. The second-order valence-corrected chi connectivity index (χ2v) is 4.12. The first-order valence-corrected chi connectivity index (χ1v) is 5.32. The van der Waals surface area contributed by atoms with E-state index in [9.17, 15) is 0 Å². The molecule has 15 heavy (non-hydrogen) atoms. The highest BCUT2D eigenvalue weighted by Crippen LogP contribution is 2.42. The molecule has 1 fully saturated rings. The Balaban J connectivity index is 2.10. The van der Waals surface area contributed by atoms with E-state index in [-0.39, 0.29) is 12.0 Å². The van der Waals surface area contributed by atoms with Crippen LogP contribution in [0.1, 0.15) is 43.5 Å². The average molecular weight is 211 g/mol. The monoisotopic (exact) mass is 211 g/mol. The zero-order valence-electron chi connectivity index (χ0n) is 9.14. The van der Waals surface area contributed by atoms with Crippen LogP contribution < -0.4 is 5.73 Å². The maximum Gasteiger partial charge on any atom is 0.230 e. The van der Waals surface area contributed by atoms with Gasteiger partial charge in [-0.2, -0.15) is 4.98 Å². The van der Waals surface area contributed by atoms with Crippen molar-refractivity contribution in [2.24, 2.45) is 11.7 Å². The van der Waals surface area contributed by atoms with Crippen molar-refractivity contribution < 1.29 is 9.26 Å². The lowest BCUT2D eigenvalue weighted by molar-refractivity contribution is 0.0751. The van der Waals surface area contributed by atoms with E-state index in [4.69, 9.17) is 15.0 Å². The van der Waals surface area contributed by atoms with Crippen molar-refractivity contribution in [3.8, 4) is 0 Å². The number of aromatic nitrogens is 2. The third-order valence-corrected chi connectivity index (χ3v) is 2.79. The highest BCUT2D eigenvalue weighted by molar-refractivity contribution is 5.00. The van der Waals surface area contributed by atoms with E-state index in [0.717, 1.165) is 0 Å². The van der Waals surface area contributed by atoms with Crippen molar-refractivity contribution in [2.45, 2.75) is 31.8 Å². The van der Waals surface area contributed by atoms with Crippen molar-refractivity contribution in [2.75, 3.05) is 13.7 Å². The number of hydrogen-bond donors (Lipinski definition) is 1. The van der Waals surface area contributed by atoms with Gasteiger partial charge in [0.2, 0.25) is 11.7 Å². The molecule has 2 atom stereocenters. The molecule has 2 rings (SSSR count). The molecule has 1 aliphatic rings. The van der Waals surface area contributed by atoms with E-state index in [0.29, 0.717) is 24.2 Å². The summed E-state index contributed by atoms with van der Waals surface area (Å²) in [5.74, 6) is 1.95. The molecule has 0 amide bonds. The number of nitrogens with zero attached hydrogens (tertiary/aromatic N) is 2. The quantitative estimate of drug-likeness (QED) is 0.792. The minimum atomic E-state index is -0.00697. The lowest BCUT2D eigenvalue weighted by Crippen LogP contribution is -2.10. The van der Waals surface area contributed by atoms with Crippen LogP contribution in [0.5, 0.6) is 0 Å². The number of ether oxygens (including phenoxy) is 1. The molecule has 1 heterocycles. The summed E-state index contributed by atoms with van der Waals surface area (Å²) < 4.78 is 10.5. The summed E-state index contributed by atoms with van der Waals surface area (Å²) in [5, 5.41) is 3.95. The molecule has 0 aromatic carbocycles. The molecule has 5 nitrogen and oxygen atoms in total. The molecule has 1 saturated carbocycles. The molecular weight excluding hydrogens is 194 g/mol. The summed E-state index contributed by atoms with van der Waals surface area (Å²) in [6, 6.07) is 0. The molecule has 1 aromatic heterocycles. The molecule has 2 unspecified atom stereocenters. The first-order valence-electron chi connectivity index (χ1n) is 5.32. The Kier molecular flexibility index (Phi) is 3.02. The predicted molar refractivity (Wildman–Crippen MR) is 54.2 cm³/mol. The van der Waals surface area contributed by atoms with Gasteiger partial charge in [0, 0.05) is 19.6 Å². The molecule has 2 N–H and O–H groups in total. The van der Waals surface area contributed by atoms with Gasteiger partial charge in [-0.3, -0.25) is 0 Å². The fourth-order valence-corrected chi connectivity index (χ4v) is 1.57. The Morgan fingerprint density at radius 3 is 2.87 bits per heavy atom. The molecule has 1 aliphatic carbocycles. The average Bonchev–Trinajstić information content (AvgIpc) is 2.96. The van der Waals surface area contributed by atoms with Crippen LogP contribution in [0.2, 0.25) is 0 Å². The lowest BCUT2D eigenvalue weighted by Gasteiger charge is -2.08. The van der Waals surface area contributed by atoms with Gasteiger partial charge in [-0.1, -0.05) is 12.1 Å². The minimum absolute atomic E-state index is 0.00697. The van der Waals surface area contributed by atoms with E-state index >= 15 is 0 Å². The molecule has 0 saturated heterocycles. The van der Waals surface area contributed by atoms with Gasteiger partial charge in [-0.15, -0.1) is 0 Å². The number of nitrogens with two attached hydrogens (primary N) is 1. The summed E-state index contributed by atoms with van der Waals surface area (Å²) in [4.78, 5) is 4.33. The highest BCUT2D eigenvalue weighted by Gasteiger charge is 2.35. The molecule has 0 bridgehead atoms. The van der Waals surface area contributed by atoms with Crippen LogP contribution in [-0.2, 0) is 4.74 Å².